The van der Waals surface area contributed by atoms with E-state index >= 15 is 0 Å². The number of nitrogen functional groups attached to an aromatic ring is 1. The first-order valence-electron chi connectivity index (χ1n) is 6.59. The van der Waals surface area contributed by atoms with Gasteiger partial charge in [0.1, 0.15) is 5.60 Å². The highest BCUT2D eigenvalue weighted by molar-refractivity contribution is 5.43. The Morgan fingerprint density at radius 3 is 2.50 bits per heavy atom. The molecule has 0 spiro atoms. The number of hydrogen-bond donors (Lipinski definition) is 5. The van der Waals surface area contributed by atoms with Crippen molar-refractivity contribution >= 4 is 17.8 Å². The fraction of sp³-hybridized carbons (Fsp3) is 0.727. The number of rotatable bonds is 6. The molecule has 0 radical (unpaired) electrons. The molecule has 20 heavy (non-hydrogen) atoms. The Balaban J connectivity index is 2.13. The number of nitrogens with two attached hydrogens (primary N) is 1. The third-order valence-electron chi connectivity index (χ3n) is 3.11. The number of hydrogen-bond acceptors (Lipinski definition) is 9. The van der Waals surface area contributed by atoms with Crippen LogP contribution < -0.4 is 21.5 Å². The van der Waals surface area contributed by atoms with Crippen LogP contribution in [0.25, 0.3) is 0 Å². The lowest BCUT2D eigenvalue weighted by molar-refractivity contribution is 0.0131. The Labute approximate surface area is 117 Å². The van der Waals surface area contributed by atoms with Crippen molar-refractivity contribution < 1.29 is 10.2 Å². The molecule has 0 saturated carbocycles. The van der Waals surface area contributed by atoms with Crippen LogP contribution in [0.1, 0.15) is 19.8 Å². The Kier molecular flexibility index (Phi) is 4.53. The summed E-state index contributed by atoms with van der Waals surface area (Å²) in [4.78, 5) is 14.6. The van der Waals surface area contributed by atoms with E-state index in [-0.39, 0.29) is 19.1 Å². The Hall–Kier alpha value is -1.71. The van der Waals surface area contributed by atoms with E-state index in [4.69, 9.17) is 10.9 Å². The zero-order valence-electron chi connectivity index (χ0n) is 11.5. The van der Waals surface area contributed by atoms with Crippen molar-refractivity contribution in [2.75, 3.05) is 41.9 Å². The summed E-state index contributed by atoms with van der Waals surface area (Å²) in [5.41, 5.74) is 1.16. The number of aliphatic hydroxyl groups excluding tert-OH is 1. The number of aromatic nitrogens is 3. The van der Waals surface area contributed by atoms with Gasteiger partial charge in [0.2, 0.25) is 17.8 Å². The molecule has 1 aromatic heterocycles. The number of hydrazine groups is 1. The van der Waals surface area contributed by atoms with Crippen LogP contribution in [0.5, 0.6) is 0 Å². The summed E-state index contributed by atoms with van der Waals surface area (Å²) in [6.45, 7) is 3.09. The molecule has 112 valence electrons. The fourth-order valence-corrected chi connectivity index (χ4v) is 1.89. The highest BCUT2D eigenvalue weighted by Crippen LogP contribution is 2.18. The quantitative estimate of drug-likeness (QED) is 0.326. The molecule has 9 nitrogen and oxygen atoms in total. The van der Waals surface area contributed by atoms with Gasteiger partial charge in [-0.15, -0.1) is 0 Å². The largest absolute Gasteiger partial charge is 0.393 e. The Bertz CT molecular complexity index is 448. The zero-order valence-corrected chi connectivity index (χ0v) is 11.5. The van der Waals surface area contributed by atoms with E-state index in [1.165, 1.54) is 6.92 Å². The van der Waals surface area contributed by atoms with E-state index in [1.54, 1.807) is 0 Å². The van der Waals surface area contributed by atoms with Crippen molar-refractivity contribution in [1.82, 2.24) is 15.0 Å². The molecule has 1 aliphatic heterocycles. The second kappa shape index (κ2) is 6.16. The highest BCUT2D eigenvalue weighted by atomic mass is 16.3. The van der Waals surface area contributed by atoms with Crippen molar-refractivity contribution in [3.63, 3.8) is 0 Å². The average Bonchev–Trinajstić information content (AvgIpc) is 2.99. The molecular formula is C11H21N7O2. The maximum atomic E-state index is 9.76. The van der Waals surface area contributed by atoms with Crippen LogP contribution in [0.2, 0.25) is 0 Å². The van der Waals surface area contributed by atoms with Gasteiger partial charge >= 0.3 is 0 Å². The van der Waals surface area contributed by atoms with Gasteiger partial charge in [0.05, 0.1) is 6.61 Å². The van der Waals surface area contributed by atoms with Crippen LogP contribution in [0.3, 0.4) is 0 Å². The number of aliphatic hydroxyl groups is 2. The van der Waals surface area contributed by atoms with Crippen LogP contribution in [0, 0.1) is 0 Å². The van der Waals surface area contributed by atoms with E-state index < -0.39 is 5.60 Å². The maximum absolute atomic E-state index is 9.76. The molecule has 9 heteroatoms. The van der Waals surface area contributed by atoms with Gasteiger partial charge in [-0.05, 0) is 19.8 Å². The van der Waals surface area contributed by atoms with Crippen LogP contribution in [0.15, 0.2) is 0 Å². The van der Waals surface area contributed by atoms with Gasteiger partial charge in [-0.1, -0.05) is 0 Å². The van der Waals surface area contributed by atoms with Crippen LogP contribution in [-0.4, -0.2) is 57.0 Å². The normalized spacial score (nSPS) is 17.9. The lowest BCUT2D eigenvalue weighted by atomic mass is 10.1. The van der Waals surface area contributed by atoms with Crippen molar-refractivity contribution in [3.8, 4) is 0 Å². The molecule has 0 bridgehead atoms. The summed E-state index contributed by atoms with van der Waals surface area (Å²) >= 11 is 0. The summed E-state index contributed by atoms with van der Waals surface area (Å²) < 4.78 is 0. The summed E-state index contributed by atoms with van der Waals surface area (Å²) in [6, 6.07) is 0. The molecule has 0 amide bonds. The highest BCUT2D eigenvalue weighted by Gasteiger charge is 2.21. The molecular weight excluding hydrogens is 262 g/mol. The third kappa shape index (κ3) is 3.65. The SMILES string of the molecule is CC(O)(CO)CNc1nc(NN)nc(N2CCCC2)n1. The topological polar surface area (TPSA) is 132 Å². The molecule has 0 aliphatic carbocycles. The minimum atomic E-state index is -1.24. The first kappa shape index (κ1) is 14.7. The number of nitrogens with one attached hydrogen (secondary N) is 2. The van der Waals surface area contributed by atoms with E-state index in [2.05, 4.69) is 30.6 Å². The number of nitrogens with zero attached hydrogens (tertiary/aromatic N) is 4. The van der Waals surface area contributed by atoms with E-state index in [9.17, 15) is 5.11 Å². The van der Waals surface area contributed by atoms with Crippen molar-refractivity contribution in [3.05, 3.63) is 0 Å². The zero-order chi connectivity index (χ0) is 14.6. The smallest absolute Gasteiger partial charge is 0.243 e. The van der Waals surface area contributed by atoms with Crippen LogP contribution >= 0.6 is 0 Å². The van der Waals surface area contributed by atoms with E-state index in [0.717, 1.165) is 25.9 Å². The van der Waals surface area contributed by atoms with Gasteiger partial charge in [0, 0.05) is 19.6 Å². The van der Waals surface area contributed by atoms with Gasteiger partial charge < -0.3 is 20.4 Å². The van der Waals surface area contributed by atoms with Crippen molar-refractivity contribution in [2.45, 2.75) is 25.4 Å². The standard InChI is InChI=1S/C11H21N7O2/c1-11(20,7-19)6-13-8-14-9(17-12)16-10(15-8)18-4-2-3-5-18/h19-20H,2-7,12H2,1H3,(H2,13,14,15,16,17). The summed E-state index contributed by atoms with van der Waals surface area (Å²) in [6.07, 6.45) is 2.22. The summed E-state index contributed by atoms with van der Waals surface area (Å²) in [5.74, 6) is 6.47. The van der Waals surface area contributed by atoms with E-state index in [1.807, 2.05) is 0 Å². The number of anilines is 3. The predicted octanol–water partition coefficient (Wildman–Crippen LogP) is -1.09. The van der Waals surface area contributed by atoms with Crippen molar-refractivity contribution in [1.29, 1.82) is 0 Å². The van der Waals surface area contributed by atoms with Crippen molar-refractivity contribution in [2.24, 2.45) is 5.84 Å². The van der Waals surface area contributed by atoms with E-state index in [0.29, 0.717) is 11.9 Å². The molecule has 2 heterocycles. The third-order valence-corrected chi connectivity index (χ3v) is 3.11. The molecule has 1 aromatic rings. The molecule has 0 aromatic carbocycles. The van der Waals surface area contributed by atoms with Crippen LogP contribution in [0.4, 0.5) is 17.8 Å². The van der Waals surface area contributed by atoms with Gasteiger partial charge in [0.15, 0.2) is 0 Å². The summed E-state index contributed by atoms with van der Waals surface area (Å²) in [7, 11) is 0. The van der Waals surface area contributed by atoms with Gasteiger partial charge in [-0.25, -0.2) is 5.84 Å². The molecule has 1 aliphatic rings. The first-order chi connectivity index (χ1) is 9.54. The Morgan fingerprint density at radius 2 is 1.90 bits per heavy atom. The molecule has 6 N–H and O–H groups in total. The minimum Gasteiger partial charge on any atom is -0.393 e. The lowest BCUT2D eigenvalue weighted by Gasteiger charge is -2.21. The summed E-state index contributed by atoms with van der Waals surface area (Å²) in [5, 5.41) is 21.7. The van der Waals surface area contributed by atoms with Gasteiger partial charge in [0.25, 0.3) is 0 Å². The second-order valence-electron chi connectivity index (χ2n) is 5.13. The Morgan fingerprint density at radius 1 is 1.25 bits per heavy atom. The van der Waals surface area contributed by atoms with Crippen LogP contribution in [-0.2, 0) is 0 Å². The lowest BCUT2D eigenvalue weighted by Crippen LogP contribution is -2.37. The molecule has 2 rings (SSSR count). The van der Waals surface area contributed by atoms with Gasteiger partial charge in [-0.3, -0.25) is 5.43 Å². The molecule has 1 saturated heterocycles. The predicted molar refractivity (Wildman–Crippen MR) is 75.3 cm³/mol. The monoisotopic (exact) mass is 283 g/mol. The minimum absolute atomic E-state index is 0.122. The maximum Gasteiger partial charge on any atom is 0.243 e. The second-order valence-corrected chi connectivity index (χ2v) is 5.13. The molecule has 1 atom stereocenters. The fourth-order valence-electron chi connectivity index (χ4n) is 1.89. The molecule has 1 unspecified atom stereocenters. The first-order valence-corrected chi connectivity index (χ1v) is 6.59. The van der Waals surface area contributed by atoms with Gasteiger partial charge in [-0.2, -0.15) is 15.0 Å². The average molecular weight is 283 g/mol. The molecule has 1 fully saturated rings.